The molecule has 126 valence electrons. The van der Waals surface area contributed by atoms with Gasteiger partial charge in [-0.25, -0.2) is 4.39 Å². The van der Waals surface area contributed by atoms with Crippen LogP contribution in [0.4, 0.5) is 4.39 Å². The lowest BCUT2D eigenvalue weighted by molar-refractivity contribution is 0.0937. The first-order valence-corrected chi connectivity index (χ1v) is 8.33. The molecule has 0 saturated heterocycles. The van der Waals surface area contributed by atoms with Crippen molar-refractivity contribution in [1.82, 2.24) is 10.3 Å². The van der Waals surface area contributed by atoms with Crippen LogP contribution in [0.2, 0.25) is 0 Å². The van der Waals surface area contributed by atoms with E-state index >= 15 is 0 Å². The number of nitrogens with one attached hydrogen (secondary N) is 2. The number of carbonyl (C=O) groups excluding carboxylic acids is 1. The third kappa shape index (κ3) is 3.72. The monoisotopic (exact) mass is 328 g/mol. The Balaban J connectivity index is 1.60. The number of aromatic nitrogens is 1. The Morgan fingerprint density at radius 2 is 2.04 bits per heavy atom. The van der Waals surface area contributed by atoms with Crippen molar-refractivity contribution in [3.63, 3.8) is 0 Å². The quantitative estimate of drug-likeness (QED) is 0.886. The van der Waals surface area contributed by atoms with Gasteiger partial charge in [0.1, 0.15) is 11.4 Å². The van der Waals surface area contributed by atoms with Crippen molar-refractivity contribution in [2.75, 3.05) is 0 Å². The smallest absolute Gasteiger partial charge is 0.261 e. The molecule has 1 aliphatic rings. The van der Waals surface area contributed by atoms with Gasteiger partial charge in [-0.3, -0.25) is 9.59 Å². The number of aryl methyl sites for hydroxylation is 3. The van der Waals surface area contributed by atoms with E-state index in [1.165, 1.54) is 12.1 Å². The third-order valence-corrected chi connectivity index (χ3v) is 4.49. The molecule has 24 heavy (non-hydrogen) atoms. The van der Waals surface area contributed by atoms with Gasteiger partial charge in [-0.2, -0.15) is 0 Å². The van der Waals surface area contributed by atoms with Crippen LogP contribution < -0.4 is 10.9 Å². The van der Waals surface area contributed by atoms with Gasteiger partial charge in [0.2, 0.25) is 0 Å². The maximum Gasteiger partial charge on any atom is 0.261 e. The minimum Gasteiger partial charge on any atom is -0.349 e. The lowest BCUT2D eigenvalue weighted by atomic mass is 10.1. The molecule has 5 heteroatoms. The number of H-pyrrole nitrogens is 1. The largest absolute Gasteiger partial charge is 0.349 e. The molecule has 0 bridgehead atoms. The summed E-state index contributed by atoms with van der Waals surface area (Å²) in [6, 6.07) is 8.01. The number of pyridine rings is 1. The zero-order chi connectivity index (χ0) is 17.1. The molecule has 1 aliphatic carbocycles. The Hall–Kier alpha value is -2.43. The van der Waals surface area contributed by atoms with Gasteiger partial charge in [0.05, 0.1) is 0 Å². The summed E-state index contributed by atoms with van der Waals surface area (Å²) in [4.78, 5) is 27.2. The molecule has 1 heterocycles. The molecule has 0 fully saturated rings. The summed E-state index contributed by atoms with van der Waals surface area (Å²) >= 11 is 0. The number of halogens is 1. The fraction of sp³-hybridized carbons (Fsp3) is 0.368. The highest BCUT2D eigenvalue weighted by Gasteiger charge is 2.19. The summed E-state index contributed by atoms with van der Waals surface area (Å²) in [5.41, 5.74) is 2.91. The van der Waals surface area contributed by atoms with E-state index in [-0.39, 0.29) is 28.9 Å². The van der Waals surface area contributed by atoms with Gasteiger partial charge in [-0.1, -0.05) is 12.1 Å². The van der Waals surface area contributed by atoms with Crippen molar-refractivity contribution in [3.05, 3.63) is 68.9 Å². The van der Waals surface area contributed by atoms with Gasteiger partial charge in [-0.05, 0) is 68.4 Å². The molecule has 1 aromatic carbocycles. The zero-order valence-electron chi connectivity index (χ0n) is 13.7. The molecule has 0 spiro atoms. The van der Waals surface area contributed by atoms with E-state index in [0.29, 0.717) is 0 Å². The van der Waals surface area contributed by atoms with Crippen LogP contribution in [-0.2, 0) is 19.3 Å². The first-order valence-electron chi connectivity index (χ1n) is 8.33. The standard InChI is InChI=1S/C19H21FN2O2/c1-12(5-6-13-7-9-15(20)10-8-13)21-18(23)16-11-14-3-2-4-17(14)22-19(16)24/h7-12H,2-6H2,1H3,(H,21,23)(H,22,24)/t12-/m0/s1. The van der Waals surface area contributed by atoms with Gasteiger partial charge in [0.25, 0.3) is 11.5 Å². The molecule has 1 aromatic heterocycles. The molecule has 0 aliphatic heterocycles. The minimum atomic E-state index is -0.336. The molecule has 0 saturated carbocycles. The van der Waals surface area contributed by atoms with E-state index in [1.807, 2.05) is 6.92 Å². The number of fused-ring (bicyclic) bond motifs is 1. The van der Waals surface area contributed by atoms with Crippen molar-refractivity contribution in [2.45, 2.75) is 45.1 Å². The second kappa shape index (κ2) is 6.99. The number of carbonyl (C=O) groups is 1. The highest BCUT2D eigenvalue weighted by Crippen LogP contribution is 2.18. The maximum atomic E-state index is 12.9. The van der Waals surface area contributed by atoms with Crippen molar-refractivity contribution >= 4 is 5.91 Å². The number of aromatic amines is 1. The predicted molar refractivity (Wildman–Crippen MR) is 90.7 cm³/mol. The van der Waals surface area contributed by atoms with Crippen LogP contribution >= 0.6 is 0 Å². The summed E-state index contributed by atoms with van der Waals surface area (Å²) in [6.07, 6.45) is 4.26. The molecule has 3 rings (SSSR count). The molecule has 0 unspecified atom stereocenters. The number of amides is 1. The van der Waals surface area contributed by atoms with Gasteiger partial charge in [0.15, 0.2) is 0 Å². The normalized spacial score (nSPS) is 14.2. The number of rotatable bonds is 5. The molecule has 0 radical (unpaired) electrons. The summed E-state index contributed by atoms with van der Waals surface area (Å²) in [6.45, 7) is 1.91. The van der Waals surface area contributed by atoms with E-state index in [4.69, 9.17) is 0 Å². The second-order valence-electron chi connectivity index (χ2n) is 6.41. The molecular formula is C19H21FN2O2. The zero-order valence-corrected chi connectivity index (χ0v) is 13.7. The molecular weight excluding hydrogens is 307 g/mol. The van der Waals surface area contributed by atoms with Crippen LogP contribution in [0.3, 0.4) is 0 Å². The van der Waals surface area contributed by atoms with E-state index in [2.05, 4.69) is 10.3 Å². The fourth-order valence-electron chi connectivity index (χ4n) is 3.09. The lowest BCUT2D eigenvalue weighted by Gasteiger charge is -2.14. The Labute approximate surface area is 140 Å². The predicted octanol–water partition coefficient (Wildman–Crippen LogP) is 2.75. The average molecular weight is 328 g/mol. The molecule has 4 nitrogen and oxygen atoms in total. The second-order valence-corrected chi connectivity index (χ2v) is 6.41. The summed E-state index contributed by atoms with van der Waals surface area (Å²) in [7, 11) is 0. The molecule has 1 amide bonds. The van der Waals surface area contributed by atoms with E-state index < -0.39 is 0 Å². The van der Waals surface area contributed by atoms with Gasteiger partial charge < -0.3 is 10.3 Å². The van der Waals surface area contributed by atoms with Crippen LogP contribution in [-0.4, -0.2) is 16.9 Å². The van der Waals surface area contributed by atoms with Crippen LogP contribution in [0, 0.1) is 5.82 Å². The summed E-state index contributed by atoms with van der Waals surface area (Å²) < 4.78 is 12.9. The topological polar surface area (TPSA) is 62.0 Å². The van der Waals surface area contributed by atoms with Gasteiger partial charge in [0, 0.05) is 11.7 Å². The number of hydrogen-bond acceptors (Lipinski definition) is 2. The van der Waals surface area contributed by atoms with E-state index in [9.17, 15) is 14.0 Å². The Kier molecular flexibility index (Phi) is 4.79. The van der Waals surface area contributed by atoms with Crippen molar-refractivity contribution in [1.29, 1.82) is 0 Å². The maximum absolute atomic E-state index is 12.9. The van der Waals surface area contributed by atoms with Crippen molar-refractivity contribution in [3.8, 4) is 0 Å². The SMILES string of the molecule is C[C@@H](CCc1ccc(F)cc1)NC(=O)c1cc2c([nH]c1=O)CCC2. The summed E-state index contributed by atoms with van der Waals surface area (Å²) in [5, 5.41) is 2.88. The van der Waals surface area contributed by atoms with Gasteiger partial charge in [-0.15, -0.1) is 0 Å². The fourth-order valence-corrected chi connectivity index (χ4v) is 3.09. The number of hydrogen-bond donors (Lipinski definition) is 2. The first-order chi connectivity index (χ1) is 11.5. The molecule has 1 atom stereocenters. The van der Waals surface area contributed by atoms with Gasteiger partial charge >= 0.3 is 0 Å². The first kappa shape index (κ1) is 16.4. The average Bonchev–Trinajstić information content (AvgIpc) is 3.00. The van der Waals surface area contributed by atoms with Crippen molar-refractivity contribution in [2.24, 2.45) is 0 Å². The number of benzene rings is 1. The lowest BCUT2D eigenvalue weighted by Crippen LogP contribution is -2.36. The van der Waals surface area contributed by atoms with E-state index in [1.54, 1.807) is 18.2 Å². The molecule has 2 aromatic rings. The molecule has 2 N–H and O–H groups in total. The van der Waals surface area contributed by atoms with E-state index in [0.717, 1.165) is 48.9 Å². The van der Waals surface area contributed by atoms with Crippen LogP contribution in [0.1, 0.15) is 46.9 Å². The highest BCUT2D eigenvalue weighted by atomic mass is 19.1. The minimum absolute atomic E-state index is 0.0739. The Morgan fingerprint density at radius 3 is 2.79 bits per heavy atom. The van der Waals surface area contributed by atoms with Crippen LogP contribution in [0.25, 0.3) is 0 Å². The van der Waals surface area contributed by atoms with Crippen molar-refractivity contribution < 1.29 is 9.18 Å². The third-order valence-electron chi connectivity index (χ3n) is 4.49. The Morgan fingerprint density at radius 1 is 1.29 bits per heavy atom. The highest BCUT2D eigenvalue weighted by molar-refractivity contribution is 5.94. The summed E-state index contributed by atoms with van der Waals surface area (Å²) in [5.74, 6) is -0.589. The van der Waals surface area contributed by atoms with Crippen LogP contribution in [0.5, 0.6) is 0 Å². The Bertz CT molecular complexity index is 796. The van der Waals surface area contributed by atoms with Crippen LogP contribution in [0.15, 0.2) is 35.1 Å².